The predicted octanol–water partition coefficient (Wildman–Crippen LogP) is 2.20. The first kappa shape index (κ1) is 14.3. The molecule has 1 saturated heterocycles. The molecular weight excluding hydrogens is 306 g/mol. The Bertz CT molecular complexity index is 458. The van der Waals surface area contributed by atoms with E-state index in [0.29, 0.717) is 11.3 Å². The minimum atomic E-state index is -0.0157. The lowest BCUT2D eigenvalue weighted by Gasteiger charge is -2.22. The number of anilines is 1. The highest BCUT2D eigenvalue weighted by Gasteiger charge is 2.17. The van der Waals surface area contributed by atoms with Crippen molar-refractivity contribution in [3.63, 3.8) is 0 Å². The Hall–Kier alpha value is -1.07. The molecule has 1 aliphatic rings. The average molecular weight is 326 g/mol. The van der Waals surface area contributed by atoms with Crippen molar-refractivity contribution in [3.05, 3.63) is 28.2 Å². The van der Waals surface area contributed by atoms with E-state index in [1.54, 1.807) is 17.0 Å². The monoisotopic (exact) mass is 325 g/mol. The normalized spacial score (nSPS) is 15.7. The van der Waals surface area contributed by atoms with Gasteiger partial charge in [-0.3, -0.25) is 4.79 Å². The van der Waals surface area contributed by atoms with Crippen LogP contribution in [0, 0.1) is 0 Å². The molecule has 2 N–H and O–H groups in total. The number of rotatable bonds is 4. The van der Waals surface area contributed by atoms with Crippen LogP contribution >= 0.6 is 15.9 Å². The number of nitrogens with two attached hydrogens (primary N) is 1. The largest absolute Gasteiger partial charge is 0.398 e. The number of hydrogen-bond donors (Lipinski definition) is 1. The number of halogens is 1. The van der Waals surface area contributed by atoms with Crippen molar-refractivity contribution in [2.75, 3.05) is 39.0 Å². The van der Waals surface area contributed by atoms with E-state index in [-0.39, 0.29) is 5.91 Å². The van der Waals surface area contributed by atoms with E-state index in [0.717, 1.165) is 30.7 Å². The van der Waals surface area contributed by atoms with Gasteiger partial charge < -0.3 is 15.5 Å². The molecule has 19 heavy (non-hydrogen) atoms. The fourth-order valence-electron chi connectivity index (χ4n) is 2.32. The van der Waals surface area contributed by atoms with Gasteiger partial charge in [0, 0.05) is 30.3 Å². The van der Waals surface area contributed by atoms with Crippen LogP contribution in [0.3, 0.4) is 0 Å². The molecule has 104 valence electrons. The van der Waals surface area contributed by atoms with E-state index in [1.807, 2.05) is 13.1 Å². The summed E-state index contributed by atoms with van der Waals surface area (Å²) in [5.74, 6) is -0.0157. The van der Waals surface area contributed by atoms with Gasteiger partial charge in [0.2, 0.25) is 0 Å². The third-order valence-corrected chi connectivity index (χ3v) is 4.04. The quantitative estimate of drug-likeness (QED) is 0.863. The molecule has 1 aliphatic heterocycles. The fourth-order valence-corrected chi connectivity index (χ4v) is 2.68. The number of nitrogens with zero attached hydrogens (tertiary/aromatic N) is 2. The van der Waals surface area contributed by atoms with Crippen molar-refractivity contribution in [1.82, 2.24) is 9.80 Å². The van der Waals surface area contributed by atoms with Crippen LogP contribution in [0.4, 0.5) is 5.69 Å². The van der Waals surface area contributed by atoms with Crippen molar-refractivity contribution >= 4 is 27.5 Å². The predicted molar refractivity (Wildman–Crippen MR) is 81.2 cm³/mol. The van der Waals surface area contributed by atoms with Gasteiger partial charge in [-0.15, -0.1) is 0 Å². The molecule has 2 rings (SSSR count). The van der Waals surface area contributed by atoms with Gasteiger partial charge >= 0.3 is 0 Å². The Kier molecular flexibility index (Phi) is 4.82. The van der Waals surface area contributed by atoms with Gasteiger partial charge in [0.15, 0.2) is 0 Å². The number of carbonyl (C=O) groups excluding carboxylic acids is 1. The number of benzene rings is 1. The second-order valence-corrected chi connectivity index (χ2v) is 5.92. The Morgan fingerprint density at radius 1 is 1.42 bits per heavy atom. The summed E-state index contributed by atoms with van der Waals surface area (Å²) < 4.78 is 0.873. The van der Waals surface area contributed by atoms with Gasteiger partial charge in [-0.2, -0.15) is 0 Å². The fraction of sp³-hybridized carbons (Fsp3) is 0.500. The zero-order valence-electron chi connectivity index (χ0n) is 11.2. The van der Waals surface area contributed by atoms with Crippen molar-refractivity contribution in [2.45, 2.75) is 12.8 Å². The number of carbonyl (C=O) groups is 1. The molecule has 0 unspecified atom stereocenters. The number of hydrogen-bond acceptors (Lipinski definition) is 3. The van der Waals surface area contributed by atoms with Crippen LogP contribution in [0.25, 0.3) is 0 Å². The molecule has 4 nitrogen and oxygen atoms in total. The van der Waals surface area contributed by atoms with Gasteiger partial charge in [0.25, 0.3) is 5.91 Å². The maximum atomic E-state index is 12.3. The van der Waals surface area contributed by atoms with E-state index in [2.05, 4.69) is 20.8 Å². The lowest BCUT2D eigenvalue weighted by atomic mass is 10.1. The molecule has 0 radical (unpaired) electrons. The maximum Gasteiger partial charge on any atom is 0.255 e. The SMILES string of the molecule is CN(CCN1CCCC1)C(=O)c1cc(Br)ccc1N. The highest BCUT2D eigenvalue weighted by atomic mass is 79.9. The number of nitrogen functional groups attached to an aromatic ring is 1. The highest BCUT2D eigenvalue weighted by molar-refractivity contribution is 9.10. The van der Waals surface area contributed by atoms with E-state index in [4.69, 9.17) is 5.73 Å². The molecule has 5 heteroatoms. The second-order valence-electron chi connectivity index (χ2n) is 5.01. The molecular formula is C14H20BrN3O. The third kappa shape index (κ3) is 3.70. The number of likely N-dealkylation sites (tertiary alicyclic amines) is 1. The number of amides is 1. The Morgan fingerprint density at radius 2 is 2.11 bits per heavy atom. The van der Waals surface area contributed by atoms with Crippen molar-refractivity contribution in [2.24, 2.45) is 0 Å². The molecule has 0 aromatic heterocycles. The van der Waals surface area contributed by atoms with Crippen molar-refractivity contribution in [1.29, 1.82) is 0 Å². The molecule has 1 aromatic carbocycles. The van der Waals surface area contributed by atoms with E-state index in [9.17, 15) is 4.79 Å². The van der Waals surface area contributed by atoms with Crippen LogP contribution in [0.5, 0.6) is 0 Å². The summed E-state index contributed by atoms with van der Waals surface area (Å²) in [5, 5.41) is 0. The summed E-state index contributed by atoms with van der Waals surface area (Å²) in [7, 11) is 1.83. The van der Waals surface area contributed by atoms with Gasteiger partial charge in [0.05, 0.1) is 5.56 Å². The van der Waals surface area contributed by atoms with E-state index < -0.39 is 0 Å². The van der Waals surface area contributed by atoms with Gasteiger partial charge in [-0.05, 0) is 44.1 Å². The van der Waals surface area contributed by atoms with Crippen LogP contribution in [0.1, 0.15) is 23.2 Å². The molecule has 0 saturated carbocycles. The van der Waals surface area contributed by atoms with Crippen molar-refractivity contribution in [3.8, 4) is 0 Å². The molecule has 0 spiro atoms. The molecule has 1 fully saturated rings. The summed E-state index contributed by atoms with van der Waals surface area (Å²) in [6.07, 6.45) is 2.55. The molecule has 0 atom stereocenters. The minimum absolute atomic E-state index is 0.0157. The van der Waals surface area contributed by atoms with Crippen molar-refractivity contribution < 1.29 is 4.79 Å². The van der Waals surface area contributed by atoms with Crippen LogP contribution in [-0.4, -0.2) is 48.9 Å². The first-order chi connectivity index (χ1) is 9.08. The van der Waals surface area contributed by atoms with Crippen LogP contribution in [0.15, 0.2) is 22.7 Å². The zero-order chi connectivity index (χ0) is 13.8. The minimum Gasteiger partial charge on any atom is -0.398 e. The van der Waals surface area contributed by atoms with E-state index in [1.165, 1.54) is 12.8 Å². The molecule has 0 bridgehead atoms. The van der Waals surface area contributed by atoms with Crippen LogP contribution in [-0.2, 0) is 0 Å². The Balaban J connectivity index is 1.95. The van der Waals surface area contributed by atoms with Crippen LogP contribution in [0.2, 0.25) is 0 Å². The maximum absolute atomic E-state index is 12.3. The molecule has 1 aromatic rings. The number of likely N-dealkylation sites (N-methyl/N-ethyl adjacent to an activating group) is 1. The third-order valence-electron chi connectivity index (χ3n) is 3.54. The topological polar surface area (TPSA) is 49.6 Å². The first-order valence-corrected chi connectivity index (χ1v) is 7.40. The lowest BCUT2D eigenvalue weighted by Crippen LogP contribution is -2.35. The molecule has 0 aliphatic carbocycles. The summed E-state index contributed by atoms with van der Waals surface area (Å²) in [6.45, 7) is 3.99. The van der Waals surface area contributed by atoms with E-state index >= 15 is 0 Å². The van der Waals surface area contributed by atoms with Gasteiger partial charge in [0.1, 0.15) is 0 Å². The lowest BCUT2D eigenvalue weighted by molar-refractivity contribution is 0.0783. The molecule has 1 amide bonds. The smallest absolute Gasteiger partial charge is 0.255 e. The Labute approximate surface area is 122 Å². The summed E-state index contributed by atoms with van der Waals surface area (Å²) in [6, 6.07) is 5.38. The highest BCUT2D eigenvalue weighted by Crippen LogP contribution is 2.19. The zero-order valence-corrected chi connectivity index (χ0v) is 12.8. The van der Waals surface area contributed by atoms with Gasteiger partial charge in [-0.1, -0.05) is 15.9 Å². The first-order valence-electron chi connectivity index (χ1n) is 6.61. The standard InChI is InChI=1S/C14H20BrN3O/c1-17(8-9-18-6-2-3-7-18)14(19)12-10-11(15)4-5-13(12)16/h4-5,10H,2-3,6-9,16H2,1H3. The summed E-state index contributed by atoms with van der Waals surface area (Å²) in [4.78, 5) is 16.5. The second kappa shape index (κ2) is 6.39. The van der Waals surface area contributed by atoms with Gasteiger partial charge in [-0.25, -0.2) is 0 Å². The average Bonchev–Trinajstić information content (AvgIpc) is 2.91. The summed E-state index contributed by atoms with van der Waals surface area (Å²) in [5.41, 5.74) is 6.96. The molecule has 1 heterocycles. The van der Waals surface area contributed by atoms with Crippen LogP contribution < -0.4 is 5.73 Å². The summed E-state index contributed by atoms with van der Waals surface area (Å²) >= 11 is 3.37. The Morgan fingerprint density at radius 3 is 2.79 bits per heavy atom.